The van der Waals surface area contributed by atoms with Crippen molar-refractivity contribution in [1.29, 1.82) is 0 Å². The molecule has 2 aromatic rings. The Labute approximate surface area is 182 Å². The van der Waals surface area contributed by atoms with Gasteiger partial charge in [-0.2, -0.15) is 0 Å². The first-order valence-electron chi connectivity index (χ1n) is 9.83. The zero-order valence-electron chi connectivity index (χ0n) is 18.5. The molecule has 3 amide bonds. The molecule has 0 aliphatic heterocycles. The fourth-order valence-corrected chi connectivity index (χ4v) is 2.80. The highest BCUT2D eigenvalue weighted by molar-refractivity contribution is 5.98. The number of methoxy groups -OCH3 is 1. The summed E-state index contributed by atoms with van der Waals surface area (Å²) in [5.41, 5.74) is 0.533. The molecule has 8 nitrogen and oxygen atoms in total. The number of nitrogens with one attached hydrogen (secondary N) is 2. The van der Waals surface area contributed by atoms with Crippen molar-refractivity contribution in [3.05, 3.63) is 60.2 Å². The van der Waals surface area contributed by atoms with Crippen LogP contribution in [0.5, 0.6) is 5.75 Å². The van der Waals surface area contributed by atoms with Gasteiger partial charge in [0.2, 0.25) is 5.91 Å². The Morgan fingerprint density at radius 2 is 1.61 bits per heavy atom. The third-order valence-corrected chi connectivity index (χ3v) is 4.28. The van der Waals surface area contributed by atoms with E-state index in [1.54, 1.807) is 76.4 Å². The van der Waals surface area contributed by atoms with Crippen molar-refractivity contribution in [2.24, 2.45) is 0 Å². The molecule has 0 spiro atoms. The van der Waals surface area contributed by atoms with Gasteiger partial charge in [0, 0.05) is 12.7 Å². The Hall–Kier alpha value is -3.55. The fraction of sp³-hybridized carbons (Fsp3) is 0.348. The highest BCUT2D eigenvalue weighted by atomic mass is 16.6. The number of ether oxygens (including phenoxy) is 2. The Balaban J connectivity index is 2.14. The van der Waals surface area contributed by atoms with E-state index in [0.717, 1.165) is 0 Å². The van der Waals surface area contributed by atoms with Gasteiger partial charge in [0.15, 0.2) is 0 Å². The molecule has 31 heavy (non-hydrogen) atoms. The lowest BCUT2D eigenvalue weighted by molar-refractivity contribution is -0.136. The summed E-state index contributed by atoms with van der Waals surface area (Å²) in [5, 5.41) is 5.25. The van der Waals surface area contributed by atoms with Crippen LogP contribution in [0, 0.1) is 0 Å². The third kappa shape index (κ3) is 7.33. The van der Waals surface area contributed by atoms with Gasteiger partial charge in [-0.3, -0.25) is 9.59 Å². The summed E-state index contributed by atoms with van der Waals surface area (Å²) >= 11 is 0. The SMILES string of the molecule is COc1ccc(NC(=O)C(c2ccccc2)N(C)C(=O)CNC(=O)OC(C)(C)C)cc1. The molecule has 0 bridgehead atoms. The minimum atomic E-state index is -0.892. The summed E-state index contributed by atoms with van der Waals surface area (Å²) in [6, 6.07) is 14.9. The number of benzene rings is 2. The van der Waals surface area contributed by atoms with Crippen molar-refractivity contribution in [2.75, 3.05) is 26.0 Å². The van der Waals surface area contributed by atoms with Crippen LogP contribution in [0.2, 0.25) is 0 Å². The number of alkyl carbamates (subject to hydrolysis) is 1. The van der Waals surface area contributed by atoms with Crippen LogP contribution in [-0.2, 0) is 14.3 Å². The van der Waals surface area contributed by atoms with Gasteiger partial charge in [-0.25, -0.2) is 4.79 Å². The van der Waals surface area contributed by atoms with Crippen molar-refractivity contribution in [2.45, 2.75) is 32.4 Å². The molecule has 0 radical (unpaired) electrons. The molecule has 0 aromatic heterocycles. The second-order valence-corrected chi connectivity index (χ2v) is 7.89. The van der Waals surface area contributed by atoms with Crippen LogP contribution >= 0.6 is 0 Å². The van der Waals surface area contributed by atoms with Gasteiger partial charge < -0.3 is 25.0 Å². The first-order chi connectivity index (χ1) is 14.6. The number of likely N-dealkylation sites (N-methyl/N-ethyl adjacent to an activating group) is 1. The van der Waals surface area contributed by atoms with Crippen molar-refractivity contribution < 1.29 is 23.9 Å². The largest absolute Gasteiger partial charge is 0.497 e. The van der Waals surface area contributed by atoms with E-state index in [-0.39, 0.29) is 12.5 Å². The topological polar surface area (TPSA) is 97.0 Å². The van der Waals surface area contributed by atoms with Crippen LogP contribution in [-0.4, -0.2) is 49.1 Å². The normalized spacial score (nSPS) is 11.8. The number of carbonyl (C=O) groups is 3. The van der Waals surface area contributed by atoms with E-state index in [2.05, 4.69) is 10.6 Å². The molecular formula is C23H29N3O5. The first kappa shape index (κ1) is 23.7. The molecule has 0 saturated carbocycles. The molecule has 0 saturated heterocycles. The summed E-state index contributed by atoms with van der Waals surface area (Å²) < 4.78 is 10.3. The van der Waals surface area contributed by atoms with E-state index in [4.69, 9.17) is 9.47 Å². The maximum atomic E-state index is 13.1. The van der Waals surface area contributed by atoms with Crippen LogP contribution < -0.4 is 15.4 Å². The van der Waals surface area contributed by atoms with Crippen LogP contribution in [0.15, 0.2) is 54.6 Å². The minimum absolute atomic E-state index is 0.301. The molecule has 1 unspecified atom stereocenters. The Kier molecular flexibility index (Phi) is 8.01. The Morgan fingerprint density at radius 1 is 1.00 bits per heavy atom. The molecule has 8 heteroatoms. The average molecular weight is 428 g/mol. The molecule has 0 fully saturated rings. The van der Waals surface area contributed by atoms with Gasteiger partial charge in [0.25, 0.3) is 5.91 Å². The van der Waals surface area contributed by atoms with E-state index >= 15 is 0 Å². The summed E-state index contributed by atoms with van der Waals surface area (Å²) in [7, 11) is 3.08. The maximum Gasteiger partial charge on any atom is 0.408 e. The summed E-state index contributed by atoms with van der Waals surface area (Å²) in [4.78, 5) is 39.0. The van der Waals surface area contributed by atoms with Gasteiger partial charge in [-0.1, -0.05) is 30.3 Å². The lowest BCUT2D eigenvalue weighted by Crippen LogP contribution is -2.44. The number of hydrogen-bond donors (Lipinski definition) is 2. The third-order valence-electron chi connectivity index (χ3n) is 4.28. The van der Waals surface area contributed by atoms with Gasteiger partial charge >= 0.3 is 6.09 Å². The van der Waals surface area contributed by atoms with Crippen molar-refractivity contribution in [1.82, 2.24) is 10.2 Å². The molecule has 1 atom stereocenters. The summed E-state index contributed by atoms with van der Waals surface area (Å²) in [6.07, 6.45) is -0.701. The number of anilines is 1. The lowest BCUT2D eigenvalue weighted by Gasteiger charge is -2.28. The fourth-order valence-electron chi connectivity index (χ4n) is 2.80. The molecule has 0 aliphatic rings. The second-order valence-electron chi connectivity index (χ2n) is 7.89. The Morgan fingerprint density at radius 3 is 2.16 bits per heavy atom. The van der Waals surface area contributed by atoms with Crippen LogP contribution in [0.4, 0.5) is 10.5 Å². The summed E-state index contributed by atoms with van der Waals surface area (Å²) in [5.74, 6) is -0.160. The van der Waals surface area contributed by atoms with Crippen LogP contribution in [0.1, 0.15) is 32.4 Å². The first-order valence-corrected chi connectivity index (χ1v) is 9.83. The number of rotatable bonds is 7. The van der Waals surface area contributed by atoms with Crippen molar-refractivity contribution in [3.8, 4) is 5.75 Å². The van der Waals surface area contributed by atoms with E-state index in [0.29, 0.717) is 17.0 Å². The van der Waals surface area contributed by atoms with Gasteiger partial charge in [0.05, 0.1) is 7.11 Å². The van der Waals surface area contributed by atoms with Gasteiger partial charge in [-0.05, 0) is 50.6 Å². The van der Waals surface area contributed by atoms with Crippen molar-refractivity contribution in [3.63, 3.8) is 0 Å². The lowest BCUT2D eigenvalue weighted by atomic mass is 10.0. The smallest absolute Gasteiger partial charge is 0.408 e. The van der Waals surface area contributed by atoms with E-state index < -0.39 is 23.6 Å². The number of nitrogens with zero attached hydrogens (tertiary/aromatic N) is 1. The van der Waals surface area contributed by atoms with Gasteiger partial charge in [0.1, 0.15) is 23.9 Å². The maximum absolute atomic E-state index is 13.1. The zero-order chi connectivity index (χ0) is 23.0. The quantitative estimate of drug-likeness (QED) is 0.706. The Bertz CT molecular complexity index is 892. The molecule has 2 N–H and O–H groups in total. The summed E-state index contributed by atoms with van der Waals surface area (Å²) in [6.45, 7) is 4.89. The predicted octanol–water partition coefficient (Wildman–Crippen LogP) is 3.36. The predicted molar refractivity (Wildman–Crippen MR) is 118 cm³/mol. The number of hydrogen-bond acceptors (Lipinski definition) is 5. The monoisotopic (exact) mass is 427 g/mol. The molecule has 0 heterocycles. The molecule has 2 aromatic carbocycles. The van der Waals surface area contributed by atoms with Gasteiger partial charge in [-0.15, -0.1) is 0 Å². The van der Waals surface area contributed by atoms with E-state index in [9.17, 15) is 14.4 Å². The number of carbonyl (C=O) groups excluding carboxylic acids is 3. The van der Waals surface area contributed by atoms with E-state index in [1.807, 2.05) is 6.07 Å². The standard InChI is InChI=1S/C23H29N3O5/c1-23(2,3)31-22(29)24-15-19(27)26(4)20(16-9-7-6-8-10-16)21(28)25-17-11-13-18(30-5)14-12-17/h6-14,20H,15H2,1-5H3,(H,24,29)(H,25,28). The molecule has 2 rings (SSSR count). The second kappa shape index (κ2) is 10.5. The van der Waals surface area contributed by atoms with Crippen molar-refractivity contribution >= 4 is 23.6 Å². The molecule has 0 aliphatic carbocycles. The zero-order valence-corrected chi connectivity index (χ0v) is 18.5. The molecule has 166 valence electrons. The van der Waals surface area contributed by atoms with E-state index in [1.165, 1.54) is 11.9 Å². The average Bonchev–Trinajstić information content (AvgIpc) is 2.72. The number of amides is 3. The molecular weight excluding hydrogens is 398 g/mol. The highest BCUT2D eigenvalue weighted by Crippen LogP contribution is 2.23. The highest BCUT2D eigenvalue weighted by Gasteiger charge is 2.29. The minimum Gasteiger partial charge on any atom is -0.497 e. The van der Waals surface area contributed by atoms with Crippen LogP contribution in [0.25, 0.3) is 0 Å². The van der Waals surface area contributed by atoms with Crippen LogP contribution in [0.3, 0.4) is 0 Å².